The van der Waals surface area contributed by atoms with Gasteiger partial charge in [-0.05, 0) is 13.8 Å². The van der Waals surface area contributed by atoms with Crippen LogP contribution in [0.3, 0.4) is 0 Å². The summed E-state index contributed by atoms with van der Waals surface area (Å²) in [4.78, 5) is 6.64. The molecule has 108 valence electrons. The molecule has 1 N–H and O–H groups in total. The molecule has 0 saturated heterocycles. The fourth-order valence-electron chi connectivity index (χ4n) is 1.18. The van der Waals surface area contributed by atoms with Crippen LogP contribution in [0.4, 0.5) is 19.0 Å². The first-order valence-corrected chi connectivity index (χ1v) is 5.71. The lowest BCUT2D eigenvalue weighted by Crippen LogP contribution is -2.15. The average Bonchev–Trinajstić information content (AvgIpc) is 2.33. The quantitative estimate of drug-likeness (QED) is 0.810. The standard InChI is InChI=1S/C11H16F3N3O2/c1-7(2)18-4-5-19-9-6-8(15-3)16-10(17-9)11(12,13)14/h6-7H,4-5H2,1-3H3,(H,15,16,17). The van der Waals surface area contributed by atoms with Crippen LogP contribution in [0.25, 0.3) is 0 Å². The summed E-state index contributed by atoms with van der Waals surface area (Å²) in [5.41, 5.74) is 0. The lowest BCUT2D eigenvalue weighted by Gasteiger charge is -2.11. The van der Waals surface area contributed by atoms with Crippen LogP contribution in [0.5, 0.6) is 5.88 Å². The van der Waals surface area contributed by atoms with E-state index >= 15 is 0 Å². The molecule has 1 rings (SSSR count). The minimum atomic E-state index is -4.61. The highest BCUT2D eigenvalue weighted by Crippen LogP contribution is 2.28. The van der Waals surface area contributed by atoms with Crippen molar-refractivity contribution in [3.63, 3.8) is 0 Å². The Hall–Kier alpha value is -1.57. The van der Waals surface area contributed by atoms with E-state index in [0.29, 0.717) is 0 Å². The van der Waals surface area contributed by atoms with E-state index in [0.717, 1.165) is 0 Å². The predicted octanol–water partition coefficient (Wildman–Crippen LogP) is 2.34. The van der Waals surface area contributed by atoms with E-state index in [1.165, 1.54) is 13.1 Å². The fraction of sp³-hybridized carbons (Fsp3) is 0.636. The first-order chi connectivity index (χ1) is 8.82. The summed E-state index contributed by atoms with van der Waals surface area (Å²) < 4.78 is 48.0. The Morgan fingerprint density at radius 3 is 2.47 bits per heavy atom. The highest BCUT2D eigenvalue weighted by molar-refractivity contribution is 5.38. The van der Waals surface area contributed by atoms with Crippen LogP contribution in [-0.4, -0.2) is 36.3 Å². The van der Waals surface area contributed by atoms with Gasteiger partial charge in [0.05, 0.1) is 12.7 Å². The second-order valence-electron chi connectivity index (χ2n) is 3.93. The molecule has 0 spiro atoms. The molecule has 0 aromatic carbocycles. The molecule has 19 heavy (non-hydrogen) atoms. The molecule has 0 aliphatic carbocycles. The maximum Gasteiger partial charge on any atom is 0.451 e. The number of hydrogen-bond donors (Lipinski definition) is 1. The molecule has 0 radical (unpaired) electrons. The van der Waals surface area contributed by atoms with Gasteiger partial charge >= 0.3 is 6.18 Å². The van der Waals surface area contributed by atoms with E-state index in [9.17, 15) is 13.2 Å². The van der Waals surface area contributed by atoms with Gasteiger partial charge in [-0.2, -0.15) is 18.2 Å². The third-order valence-corrected chi connectivity index (χ3v) is 2.00. The topological polar surface area (TPSA) is 56.3 Å². The number of nitrogens with zero attached hydrogens (tertiary/aromatic N) is 2. The van der Waals surface area contributed by atoms with E-state index in [4.69, 9.17) is 9.47 Å². The van der Waals surface area contributed by atoms with Crippen LogP contribution in [0.1, 0.15) is 19.7 Å². The zero-order chi connectivity index (χ0) is 14.5. The molecular weight excluding hydrogens is 263 g/mol. The van der Waals surface area contributed by atoms with Gasteiger partial charge in [-0.1, -0.05) is 0 Å². The van der Waals surface area contributed by atoms with Crippen molar-refractivity contribution < 1.29 is 22.6 Å². The highest BCUT2D eigenvalue weighted by Gasteiger charge is 2.35. The van der Waals surface area contributed by atoms with Gasteiger partial charge in [0.15, 0.2) is 0 Å². The molecule has 1 aromatic heterocycles. The highest BCUT2D eigenvalue weighted by atomic mass is 19.4. The molecule has 1 heterocycles. The Morgan fingerprint density at radius 1 is 1.26 bits per heavy atom. The Morgan fingerprint density at radius 2 is 1.95 bits per heavy atom. The number of nitrogens with one attached hydrogen (secondary N) is 1. The van der Waals surface area contributed by atoms with Crippen molar-refractivity contribution in [2.75, 3.05) is 25.6 Å². The molecule has 0 unspecified atom stereocenters. The number of ether oxygens (including phenoxy) is 2. The maximum atomic E-state index is 12.5. The van der Waals surface area contributed by atoms with Crippen molar-refractivity contribution >= 4 is 5.82 Å². The molecule has 0 saturated carbocycles. The van der Waals surface area contributed by atoms with Crippen LogP contribution in [-0.2, 0) is 10.9 Å². The molecule has 8 heteroatoms. The lowest BCUT2D eigenvalue weighted by molar-refractivity contribution is -0.145. The predicted molar refractivity (Wildman–Crippen MR) is 63.2 cm³/mol. The summed E-state index contributed by atoms with van der Waals surface area (Å²) >= 11 is 0. The molecule has 0 amide bonds. The van der Waals surface area contributed by atoms with Crippen molar-refractivity contribution in [2.45, 2.75) is 26.1 Å². The summed E-state index contributed by atoms with van der Waals surface area (Å²) in [6.07, 6.45) is -4.58. The number of hydrogen-bond acceptors (Lipinski definition) is 5. The first kappa shape index (κ1) is 15.5. The van der Waals surface area contributed by atoms with E-state index < -0.39 is 12.0 Å². The first-order valence-electron chi connectivity index (χ1n) is 5.71. The van der Waals surface area contributed by atoms with Crippen molar-refractivity contribution in [1.82, 2.24) is 9.97 Å². The van der Waals surface area contributed by atoms with Crippen molar-refractivity contribution in [2.24, 2.45) is 0 Å². The minimum Gasteiger partial charge on any atom is -0.475 e. The van der Waals surface area contributed by atoms with E-state index in [-0.39, 0.29) is 31.0 Å². The second-order valence-corrected chi connectivity index (χ2v) is 3.93. The molecule has 0 aliphatic heterocycles. The summed E-state index contributed by atoms with van der Waals surface area (Å²) in [5, 5.41) is 2.53. The van der Waals surface area contributed by atoms with Crippen LogP contribution in [0.2, 0.25) is 0 Å². The Kier molecular flexibility index (Phi) is 5.34. The summed E-state index contributed by atoms with van der Waals surface area (Å²) in [6.45, 7) is 4.10. The molecule has 0 fully saturated rings. The third kappa shape index (κ3) is 5.29. The third-order valence-electron chi connectivity index (χ3n) is 2.00. The van der Waals surface area contributed by atoms with Crippen molar-refractivity contribution in [1.29, 1.82) is 0 Å². The average molecular weight is 279 g/mol. The molecule has 0 bridgehead atoms. The van der Waals surface area contributed by atoms with E-state index in [1.54, 1.807) is 0 Å². The minimum absolute atomic E-state index is 0.0348. The van der Waals surface area contributed by atoms with E-state index in [2.05, 4.69) is 15.3 Å². The van der Waals surface area contributed by atoms with Gasteiger partial charge in [0.25, 0.3) is 0 Å². The smallest absolute Gasteiger partial charge is 0.451 e. The Balaban J connectivity index is 2.72. The molecule has 1 aromatic rings. The SMILES string of the molecule is CNc1cc(OCCOC(C)C)nc(C(F)(F)F)n1. The zero-order valence-electron chi connectivity index (χ0n) is 10.9. The van der Waals surface area contributed by atoms with Crippen molar-refractivity contribution in [3.05, 3.63) is 11.9 Å². The van der Waals surface area contributed by atoms with E-state index in [1.807, 2.05) is 13.8 Å². The van der Waals surface area contributed by atoms with Crippen LogP contribution in [0.15, 0.2) is 6.07 Å². The number of anilines is 1. The summed E-state index contributed by atoms with van der Waals surface area (Å²) in [7, 11) is 1.47. The molecule has 5 nitrogen and oxygen atoms in total. The van der Waals surface area contributed by atoms with Gasteiger partial charge in [0.1, 0.15) is 12.4 Å². The van der Waals surface area contributed by atoms with Crippen molar-refractivity contribution in [3.8, 4) is 5.88 Å². The molecule has 0 aliphatic rings. The van der Waals surface area contributed by atoms with Crippen LogP contribution < -0.4 is 10.1 Å². The van der Waals surface area contributed by atoms with Gasteiger partial charge < -0.3 is 14.8 Å². The summed E-state index contributed by atoms with van der Waals surface area (Å²) in [6, 6.07) is 1.30. The number of rotatable bonds is 6. The maximum absolute atomic E-state index is 12.5. The monoisotopic (exact) mass is 279 g/mol. The molecule has 0 atom stereocenters. The Bertz CT molecular complexity index is 411. The lowest BCUT2D eigenvalue weighted by atomic mass is 10.5. The largest absolute Gasteiger partial charge is 0.475 e. The molecular formula is C11H16F3N3O2. The van der Waals surface area contributed by atoms with Gasteiger partial charge in [-0.15, -0.1) is 0 Å². The van der Waals surface area contributed by atoms with Crippen LogP contribution >= 0.6 is 0 Å². The van der Waals surface area contributed by atoms with Gasteiger partial charge in [-0.3, -0.25) is 0 Å². The van der Waals surface area contributed by atoms with Crippen LogP contribution in [0, 0.1) is 0 Å². The number of halogens is 3. The number of aromatic nitrogens is 2. The number of alkyl halides is 3. The zero-order valence-corrected chi connectivity index (χ0v) is 10.9. The normalized spacial score (nSPS) is 11.7. The summed E-state index contributed by atoms with van der Waals surface area (Å²) in [5.74, 6) is -1.33. The Labute approximate surface area is 109 Å². The fourth-order valence-corrected chi connectivity index (χ4v) is 1.18. The van der Waals surface area contributed by atoms with Gasteiger partial charge in [0.2, 0.25) is 11.7 Å². The van der Waals surface area contributed by atoms with Gasteiger partial charge in [-0.25, -0.2) is 4.98 Å². The van der Waals surface area contributed by atoms with Gasteiger partial charge in [0, 0.05) is 13.1 Å². The second kappa shape index (κ2) is 6.55.